The number of rotatable bonds is 5. The normalized spacial score (nSPS) is 11.0. The lowest BCUT2D eigenvalue weighted by Crippen LogP contribution is -2.18. The van der Waals surface area contributed by atoms with Crippen LogP contribution < -0.4 is 5.69 Å². The molecule has 2 rings (SSSR count). The Morgan fingerprint density at radius 2 is 2.19 bits per heavy atom. The minimum absolute atomic E-state index is 0.0407. The lowest BCUT2D eigenvalue weighted by Gasteiger charge is -2.06. The minimum atomic E-state index is -1.10. The van der Waals surface area contributed by atoms with E-state index in [4.69, 9.17) is 0 Å². The van der Waals surface area contributed by atoms with Gasteiger partial charge in [0.25, 0.3) is 0 Å². The number of aromatic nitrogens is 3. The number of H-pyrrole nitrogens is 1. The van der Waals surface area contributed by atoms with Crippen LogP contribution in [0.3, 0.4) is 0 Å². The van der Waals surface area contributed by atoms with Crippen LogP contribution >= 0.6 is 23.1 Å². The quantitative estimate of drug-likeness (QED) is 0.648. The third-order valence-electron chi connectivity index (χ3n) is 2.72. The monoisotopic (exact) mass is 325 g/mol. The maximum Gasteiger partial charge on any atom is 0.346 e. The first-order valence-corrected chi connectivity index (χ1v) is 8.16. The van der Waals surface area contributed by atoms with E-state index in [0.29, 0.717) is 17.4 Å². The van der Waals surface area contributed by atoms with Crippen LogP contribution in [0.4, 0.5) is 0 Å². The SMILES string of the molecule is Cc1[nH]c(=O)nc(SCc2csc(C(C)C)n2)c1C(=O)O. The van der Waals surface area contributed by atoms with Gasteiger partial charge >= 0.3 is 11.7 Å². The molecule has 0 saturated heterocycles. The maximum atomic E-state index is 11.4. The highest BCUT2D eigenvalue weighted by molar-refractivity contribution is 7.98. The lowest BCUT2D eigenvalue weighted by molar-refractivity contribution is 0.0690. The summed E-state index contributed by atoms with van der Waals surface area (Å²) in [5.41, 5.74) is 0.677. The van der Waals surface area contributed by atoms with Crippen molar-refractivity contribution < 1.29 is 9.90 Å². The Balaban J connectivity index is 2.23. The molecule has 2 aromatic rings. The summed E-state index contributed by atoms with van der Waals surface area (Å²) < 4.78 is 0. The summed E-state index contributed by atoms with van der Waals surface area (Å²) in [6, 6.07) is 0. The molecule has 0 spiro atoms. The summed E-state index contributed by atoms with van der Waals surface area (Å²) in [6.07, 6.45) is 0. The highest BCUT2D eigenvalue weighted by Crippen LogP contribution is 2.27. The zero-order valence-electron chi connectivity index (χ0n) is 11.8. The predicted molar refractivity (Wildman–Crippen MR) is 82.3 cm³/mol. The van der Waals surface area contributed by atoms with E-state index in [0.717, 1.165) is 10.7 Å². The smallest absolute Gasteiger partial charge is 0.346 e. The fraction of sp³-hybridized carbons (Fsp3) is 0.385. The van der Waals surface area contributed by atoms with Crippen molar-refractivity contribution in [2.75, 3.05) is 0 Å². The van der Waals surface area contributed by atoms with Gasteiger partial charge in [0.15, 0.2) is 0 Å². The van der Waals surface area contributed by atoms with E-state index < -0.39 is 11.7 Å². The second-order valence-electron chi connectivity index (χ2n) is 4.77. The molecule has 0 aromatic carbocycles. The molecule has 2 aromatic heterocycles. The third-order valence-corrected chi connectivity index (χ3v) is 4.92. The number of nitrogens with zero attached hydrogens (tertiary/aromatic N) is 2. The number of carboxylic acid groups (broad SMARTS) is 1. The van der Waals surface area contributed by atoms with Gasteiger partial charge in [-0.25, -0.2) is 14.6 Å². The Hall–Kier alpha value is -1.67. The van der Waals surface area contributed by atoms with E-state index >= 15 is 0 Å². The summed E-state index contributed by atoms with van der Waals surface area (Å²) in [5.74, 6) is -0.248. The van der Waals surface area contributed by atoms with E-state index in [2.05, 4.69) is 28.8 Å². The van der Waals surface area contributed by atoms with Crippen LogP contribution in [0.2, 0.25) is 0 Å². The van der Waals surface area contributed by atoms with Gasteiger partial charge in [0.2, 0.25) is 0 Å². The molecule has 0 fully saturated rings. The molecule has 0 aliphatic rings. The van der Waals surface area contributed by atoms with Crippen LogP contribution in [0.5, 0.6) is 0 Å². The zero-order valence-corrected chi connectivity index (χ0v) is 13.5. The van der Waals surface area contributed by atoms with Gasteiger partial charge in [0, 0.05) is 22.7 Å². The van der Waals surface area contributed by atoms with Crippen LogP contribution in [0.1, 0.15) is 46.5 Å². The van der Waals surface area contributed by atoms with Gasteiger partial charge in [0.05, 0.1) is 10.7 Å². The van der Waals surface area contributed by atoms with E-state index in [9.17, 15) is 14.7 Å². The van der Waals surface area contributed by atoms with Gasteiger partial charge in [-0.3, -0.25) is 0 Å². The molecule has 2 N–H and O–H groups in total. The van der Waals surface area contributed by atoms with Gasteiger partial charge in [-0.2, -0.15) is 4.98 Å². The number of aromatic carboxylic acids is 1. The lowest BCUT2D eigenvalue weighted by atomic mass is 10.2. The van der Waals surface area contributed by atoms with E-state index in [1.165, 1.54) is 11.8 Å². The summed E-state index contributed by atoms with van der Waals surface area (Å²) in [4.78, 5) is 33.3. The number of carboxylic acids is 1. The molecule has 0 aliphatic carbocycles. The van der Waals surface area contributed by atoms with Crippen molar-refractivity contribution >= 4 is 29.1 Å². The largest absolute Gasteiger partial charge is 0.478 e. The van der Waals surface area contributed by atoms with Gasteiger partial charge in [-0.15, -0.1) is 11.3 Å². The molecular weight excluding hydrogens is 310 g/mol. The Morgan fingerprint density at radius 1 is 1.48 bits per heavy atom. The molecule has 0 aliphatic heterocycles. The maximum absolute atomic E-state index is 11.4. The minimum Gasteiger partial charge on any atom is -0.478 e. The van der Waals surface area contributed by atoms with Crippen molar-refractivity contribution in [3.8, 4) is 0 Å². The van der Waals surface area contributed by atoms with Crippen LogP contribution in [-0.4, -0.2) is 26.0 Å². The third kappa shape index (κ3) is 3.70. The molecule has 0 radical (unpaired) electrons. The average molecular weight is 325 g/mol. The fourth-order valence-electron chi connectivity index (χ4n) is 1.71. The van der Waals surface area contributed by atoms with Crippen LogP contribution in [0.25, 0.3) is 0 Å². The number of aromatic amines is 1. The van der Waals surface area contributed by atoms with Gasteiger partial charge in [-0.1, -0.05) is 25.6 Å². The summed E-state index contributed by atoms with van der Waals surface area (Å²) in [7, 11) is 0. The molecule has 0 bridgehead atoms. The van der Waals surface area contributed by atoms with Crippen molar-refractivity contribution in [2.45, 2.75) is 37.5 Å². The van der Waals surface area contributed by atoms with Crippen molar-refractivity contribution in [1.29, 1.82) is 0 Å². The first kappa shape index (κ1) is 15.7. The Bertz CT molecular complexity index is 722. The number of hydrogen-bond acceptors (Lipinski definition) is 6. The second-order valence-corrected chi connectivity index (χ2v) is 6.63. The highest BCUT2D eigenvalue weighted by atomic mass is 32.2. The number of carbonyl (C=O) groups is 1. The molecule has 8 heteroatoms. The van der Waals surface area contributed by atoms with Crippen molar-refractivity contribution in [2.24, 2.45) is 0 Å². The van der Waals surface area contributed by atoms with E-state index in [-0.39, 0.29) is 10.6 Å². The summed E-state index contributed by atoms with van der Waals surface area (Å²) in [6.45, 7) is 5.69. The molecular formula is C13H15N3O3S2. The fourth-order valence-corrected chi connectivity index (χ4v) is 3.62. The first-order chi connectivity index (χ1) is 9.88. The summed E-state index contributed by atoms with van der Waals surface area (Å²) in [5, 5.41) is 12.4. The summed E-state index contributed by atoms with van der Waals surface area (Å²) >= 11 is 2.79. The van der Waals surface area contributed by atoms with Gasteiger partial charge in [-0.05, 0) is 6.92 Å². The number of nitrogens with one attached hydrogen (secondary N) is 1. The Morgan fingerprint density at radius 3 is 2.76 bits per heavy atom. The number of aryl methyl sites for hydroxylation is 1. The predicted octanol–water partition coefficient (Wildman–Crippen LogP) is 2.65. The topological polar surface area (TPSA) is 95.9 Å². The zero-order chi connectivity index (χ0) is 15.6. The van der Waals surface area contributed by atoms with Crippen molar-refractivity contribution in [3.05, 3.63) is 37.8 Å². The molecule has 0 saturated carbocycles. The van der Waals surface area contributed by atoms with Crippen LogP contribution in [0, 0.1) is 6.92 Å². The van der Waals surface area contributed by atoms with E-state index in [1.54, 1.807) is 18.3 Å². The molecule has 0 atom stereocenters. The number of thiazole rings is 1. The molecule has 112 valence electrons. The van der Waals surface area contributed by atoms with Crippen LogP contribution in [0.15, 0.2) is 15.2 Å². The van der Waals surface area contributed by atoms with Gasteiger partial charge < -0.3 is 10.1 Å². The first-order valence-electron chi connectivity index (χ1n) is 6.29. The molecule has 0 unspecified atom stereocenters. The van der Waals surface area contributed by atoms with Crippen LogP contribution in [-0.2, 0) is 5.75 Å². The molecule has 0 amide bonds. The van der Waals surface area contributed by atoms with Crippen molar-refractivity contribution in [3.63, 3.8) is 0 Å². The number of hydrogen-bond donors (Lipinski definition) is 2. The highest BCUT2D eigenvalue weighted by Gasteiger charge is 2.17. The average Bonchev–Trinajstić information content (AvgIpc) is 2.83. The van der Waals surface area contributed by atoms with Gasteiger partial charge in [0.1, 0.15) is 10.6 Å². The van der Waals surface area contributed by atoms with E-state index in [1.807, 2.05) is 5.38 Å². The molecule has 6 nitrogen and oxygen atoms in total. The number of thioether (sulfide) groups is 1. The molecule has 21 heavy (non-hydrogen) atoms. The molecule has 2 heterocycles. The second kappa shape index (κ2) is 6.40. The Labute approximate surface area is 129 Å². The van der Waals surface area contributed by atoms with Crippen molar-refractivity contribution in [1.82, 2.24) is 15.0 Å². The standard InChI is InChI=1S/C13H15N3O3S2/c1-6(2)10-15-8(4-20-10)5-21-11-9(12(17)18)7(3)14-13(19)16-11/h4,6H,5H2,1-3H3,(H,17,18)(H,14,16,19). The Kier molecular flexibility index (Phi) is 4.79.